The monoisotopic (exact) mass is 197 g/mol. The first kappa shape index (κ1) is 10.4. The van der Waals surface area contributed by atoms with Crippen LogP contribution >= 0.6 is 0 Å². The number of rotatable bonds is 2. The van der Waals surface area contributed by atoms with Crippen LogP contribution in [0.5, 0.6) is 0 Å². The van der Waals surface area contributed by atoms with Crippen molar-refractivity contribution in [3.05, 3.63) is 0 Å². The summed E-state index contributed by atoms with van der Waals surface area (Å²) in [6.45, 7) is 4.16. The second-order valence-corrected chi connectivity index (χ2v) is 5.67. The van der Waals surface area contributed by atoms with E-state index in [0.29, 0.717) is 5.41 Å². The minimum absolute atomic E-state index is 0.0807. The fourth-order valence-corrected chi connectivity index (χ4v) is 3.21. The zero-order chi connectivity index (χ0) is 10.1. The lowest BCUT2D eigenvalue weighted by atomic mass is 9.73. The first-order chi connectivity index (χ1) is 6.62. The Labute approximate surface area is 87.2 Å². The molecule has 0 spiro atoms. The molecule has 1 saturated carbocycles. The van der Waals surface area contributed by atoms with Crippen molar-refractivity contribution in [3.8, 4) is 0 Å². The molecule has 0 aromatic rings. The lowest BCUT2D eigenvalue weighted by Crippen LogP contribution is -2.48. The van der Waals surface area contributed by atoms with Crippen LogP contribution in [0.15, 0.2) is 0 Å². The van der Waals surface area contributed by atoms with Crippen LogP contribution in [0.25, 0.3) is 0 Å². The lowest BCUT2D eigenvalue weighted by Gasteiger charge is -2.39. The molecule has 2 nitrogen and oxygen atoms in total. The highest BCUT2D eigenvalue weighted by molar-refractivity contribution is 4.94. The summed E-state index contributed by atoms with van der Waals surface area (Å²) < 4.78 is 5.38. The molecule has 2 rings (SSSR count). The Balaban J connectivity index is 1.94. The van der Waals surface area contributed by atoms with Gasteiger partial charge in [-0.15, -0.1) is 0 Å². The largest absolute Gasteiger partial charge is 0.381 e. The van der Waals surface area contributed by atoms with Crippen LogP contribution in [0.2, 0.25) is 0 Å². The van der Waals surface area contributed by atoms with Crippen molar-refractivity contribution in [3.63, 3.8) is 0 Å². The number of nitrogens with two attached hydrogens (primary N) is 1. The minimum Gasteiger partial charge on any atom is -0.381 e. The molecule has 14 heavy (non-hydrogen) atoms. The maximum absolute atomic E-state index is 6.44. The van der Waals surface area contributed by atoms with Gasteiger partial charge in [-0.25, -0.2) is 0 Å². The molecule has 1 heterocycles. The van der Waals surface area contributed by atoms with Crippen LogP contribution in [0, 0.1) is 5.41 Å². The third-order valence-electron chi connectivity index (χ3n) is 4.08. The van der Waals surface area contributed by atoms with E-state index in [1.807, 2.05) is 0 Å². The van der Waals surface area contributed by atoms with E-state index < -0.39 is 0 Å². The first-order valence-corrected chi connectivity index (χ1v) is 5.99. The highest BCUT2D eigenvalue weighted by Crippen LogP contribution is 2.44. The van der Waals surface area contributed by atoms with Crippen molar-refractivity contribution in [2.24, 2.45) is 11.1 Å². The molecular formula is C12H23NO. The summed E-state index contributed by atoms with van der Waals surface area (Å²) in [5, 5.41) is 0. The average molecular weight is 197 g/mol. The maximum atomic E-state index is 6.44. The Morgan fingerprint density at radius 1 is 1.07 bits per heavy atom. The van der Waals surface area contributed by atoms with Crippen molar-refractivity contribution >= 4 is 0 Å². The summed E-state index contributed by atoms with van der Waals surface area (Å²) in [6, 6.07) is 0. The summed E-state index contributed by atoms with van der Waals surface area (Å²) in [5.74, 6) is 0. The molecular weight excluding hydrogens is 174 g/mol. The van der Waals surface area contributed by atoms with Crippen molar-refractivity contribution < 1.29 is 4.74 Å². The summed E-state index contributed by atoms with van der Waals surface area (Å²) >= 11 is 0. The predicted octanol–water partition coefficient (Wildman–Crippen LogP) is 2.46. The minimum atomic E-state index is 0.0807. The number of ether oxygens (including phenoxy) is 1. The van der Waals surface area contributed by atoms with Crippen molar-refractivity contribution in [2.45, 2.75) is 57.4 Å². The predicted molar refractivity (Wildman–Crippen MR) is 58.2 cm³/mol. The van der Waals surface area contributed by atoms with Crippen LogP contribution in [0.3, 0.4) is 0 Å². The molecule has 0 unspecified atom stereocenters. The normalized spacial score (nSPS) is 30.4. The van der Waals surface area contributed by atoms with E-state index >= 15 is 0 Å². The molecule has 0 bridgehead atoms. The van der Waals surface area contributed by atoms with Crippen molar-refractivity contribution in [1.29, 1.82) is 0 Å². The van der Waals surface area contributed by atoms with E-state index in [4.69, 9.17) is 10.5 Å². The molecule has 0 amide bonds. The van der Waals surface area contributed by atoms with Gasteiger partial charge in [0.05, 0.1) is 0 Å². The van der Waals surface area contributed by atoms with Gasteiger partial charge >= 0.3 is 0 Å². The number of hydrogen-bond acceptors (Lipinski definition) is 2. The van der Waals surface area contributed by atoms with E-state index in [1.165, 1.54) is 32.1 Å². The molecule has 0 atom stereocenters. The van der Waals surface area contributed by atoms with E-state index in [2.05, 4.69) is 6.92 Å². The molecule has 82 valence electrons. The molecule has 2 aliphatic rings. The molecule has 2 heteroatoms. The average Bonchev–Trinajstić information content (AvgIpc) is 2.52. The van der Waals surface area contributed by atoms with E-state index in [0.717, 1.165) is 26.1 Å². The first-order valence-electron chi connectivity index (χ1n) is 5.99. The molecule has 1 aliphatic carbocycles. The molecule has 0 aromatic carbocycles. The second-order valence-electron chi connectivity index (χ2n) is 5.67. The molecule has 0 aromatic heterocycles. The Bertz CT molecular complexity index is 190. The summed E-state index contributed by atoms with van der Waals surface area (Å²) in [4.78, 5) is 0. The van der Waals surface area contributed by atoms with Crippen LogP contribution in [0.4, 0.5) is 0 Å². The maximum Gasteiger partial charge on any atom is 0.0483 e. The van der Waals surface area contributed by atoms with Gasteiger partial charge < -0.3 is 10.5 Å². The lowest BCUT2D eigenvalue weighted by molar-refractivity contribution is 0.0342. The second kappa shape index (κ2) is 3.82. The smallest absolute Gasteiger partial charge is 0.0483 e. The van der Waals surface area contributed by atoms with Crippen molar-refractivity contribution in [2.75, 3.05) is 13.2 Å². The third-order valence-corrected chi connectivity index (χ3v) is 4.08. The highest BCUT2D eigenvalue weighted by Gasteiger charge is 2.38. The van der Waals surface area contributed by atoms with Gasteiger partial charge in [0.1, 0.15) is 0 Å². The van der Waals surface area contributed by atoms with Crippen LogP contribution < -0.4 is 5.73 Å². The van der Waals surface area contributed by atoms with Crippen LogP contribution in [-0.4, -0.2) is 18.8 Å². The standard InChI is InChI=1S/C12H23NO/c1-11(4-2-3-5-11)10-12(13)6-8-14-9-7-12/h2-10,13H2,1H3. The molecule has 2 fully saturated rings. The van der Waals surface area contributed by atoms with Gasteiger partial charge in [0, 0.05) is 18.8 Å². The van der Waals surface area contributed by atoms with Gasteiger partial charge in [-0.3, -0.25) is 0 Å². The Morgan fingerprint density at radius 3 is 2.21 bits per heavy atom. The topological polar surface area (TPSA) is 35.2 Å². The summed E-state index contributed by atoms with van der Waals surface area (Å²) in [6.07, 6.45) is 8.90. The van der Waals surface area contributed by atoms with Gasteiger partial charge in [-0.1, -0.05) is 19.8 Å². The van der Waals surface area contributed by atoms with E-state index in [9.17, 15) is 0 Å². The molecule has 1 saturated heterocycles. The fourth-order valence-electron chi connectivity index (χ4n) is 3.21. The number of hydrogen-bond donors (Lipinski definition) is 1. The Hall–Kier alpha value is -0.0800. The SMILES string of the molecule is CC1(CC2(N)CCOCC2)CCCC1. The zero-order valence-electron chi connectivity index (χ0n) is 9.35. The van der Waals surface area contributed by atoms with Crippen LogP contribution in [0.1, 0.15) is 51.9 Å². The molecule has 2 N–H and O–H groups in total. The zero-order valence-corrected chi connectivity index (χ0v) is 9.35. The van der Waals surface area contributed by atoms with Gasteiger partial charge in [-0.2, -0.15) is 0 Å². The Kier molecular flexibility index (Phi) is 2.85. The van der Waals surface area contributed by atoms with E-state index in [-0.39, 0.29) is 5.54 Å². The van der Waals surface area contributed by atoms with Gasteiger partial charge in [0.15, 0.2) is 0 Å². The molecule has 1 aliphatic heterocycles. The van der Waals surface area contributed by atoms with Gasteiger partial charge in [0.25, 0.3) is 0 Å². The van der Waals surface area contributed by atoms with Crippen LogP contribution in [-0.2, 0) is 4.74 Å². The van der Waals surface area contributed by atoms with Gasteiger partial charge in [-0.05, 0) is 37.5 Å². The van der Waals surface area contributed by atoms with Gasteiger partial charge in [0.2, 0.25) is 0 Å². The van der Waals surface area contributed by atoms with E-state index in [1.54, 1.807) is 0 Å². The quantitative estimate of drug-likeness (QED) is 0.738. The Morgan fingerprint density at radius 2 is 1.64 bits per heavy atom. The third kappa shape index (κ3) is 2.29. The highest BCUT2D eigenvalue weighted by atomic mass is 16.5. The van der Waals surface area contributed by atoms with Crippen molar-refractivity contribution in [1.82, 2.24) is 0 Å². The summed E-state index contributed by atoms with van der Waals surface area (Å²) in [5.41, 5.74) is 7.06. The summed E-state index contributed by atoms with van der Waals surface area (Å²) in [7, 11) is 0. The fraction of sp³-hybridized carbons (Fsp3) is 1.00. The molecule has 0 radical (unpaired) electrons.